The van der Waals surface area contributed by atoms with E-state index in [9.17, 15) is 13.2 Å². The quantitative estimate of drug-likeness (QED) is 0.385. The smallest absolute Gasteiger partial charge is 0.267 e. The minimum absolute atomic E-state index is 0.0198. The first-order valence-corrected chi connectivity index (χ1v) is 12.1. The van der Waals surface area contributed by atoms with E-state index >= 15 is 0 Å². The van der Waals surface area contributed by atoms with Crippen molar-refractivity contribution in [3.8, 4) is 22.9 Å². The van der Waals surface area contributed by atoms with E-state index in [1.807, 2.05) is 32.0 Å². The van der Waals surface area contributed by atoms with Crippen molar-refractivity contribution in [2.45, 2.75) is 25.2 Å². The van der Waals surface area contributed by atoms with Crippen LogP contribution < -0.4 is 15.2 Å². The monoisotopic (exact) mass is 492 g/mol. The number of nitrogens with zero attached hydrogens (tertiary/aromatic N) is 4. The summed E-state index contributed by atoms with van der Waals surface area (Å²) in [6, 6.07) is 14.3. The van der Waals surface area contributed by atoms with Gasteiger partial charge in [-0.25, -0.2) is 18.1 Å². The number of carbonyl (C=O) groups excluding carboxylic acids is 1. The Morgan fingerprint density at radius 1 is 1.09 bits per heavy atom. The number of nitrogens with one attached hydrogen (secondary N) is 1. The molecule has 35 heavy (non-hydrogen) atoms. The molecule has 3 N–H and O–H groups in total. The summed E-state index contributed by atoms with van der Waals surface area (Å²) in [6.07, 6.45) is 2.73. The molecule has 0 fully saturated rings. The highest BCUT2D eigenvalue weighted by Gasteiger charge is 2.20. The largest absolute Gasteiger partial charge is 0.439 e. The number of amides is 1. The molecule has 0 aliphatic carbocycles. The molecule has 2 aromatic heterocycles. The third-order valence-electron chi connectivity index (χ3n) is 5.18. The van der Waals surface area contributed by atoms with Crippen molar-refractivity contribution in [1.82, 2.24) is 19.7 Å². The van der Waals surface area contributed by atoms with Gasteiger partial charge in [-0.05, 0) is 42.7 Å². The van der Waals surface area contributed by atoms with Crippen LogP contribution in [0.4, 0.5) is 5.95 Å². The molecule has 0 saturated carbocycles. The Hall–Kier alpha value is -4.25. The number of aromatic nitrogens is 4. The summed E-state index contributed by atoms with van der Waals surface area (Å²) in [5, 5.41) is 3.91. The maximum Gasteiger partial charge on any atom is 0.267 e. The highest BCUT2D eigenvalue weighted by Crippen LogP contribution is 2.31. The molecule has 2 aromatic carbocycles. The van der Waals surface area contributed by atoms with Gasteiger partial charge >= 0.3 is 0 Å². The van der Waals surface area contributed by atoms with Crippen molar-refractivity contribution in [2.24, 2.45) is 12.8 Å². The lowest BCUT2D eigenvalue weighted by atomic mass is 10.00. The summed E-state index contributed by atoms with van der Waals surface area (Å²) in [5.74, 6) is 0.0160. The molecule has 0 unspecified atom stereocenters. The molecule has 180 valence electrons. The van der Waals surface area contributed by atoms with Crippen molar-refractivity contribution >= 4 is 21.9 Å². The van der Waals surface area contributed by atoms with Gasteiger partial charge in [-0.3, -0.25) is 9.48 Å². The lowest BCUT2D eigenvalue weighted by molar-refractivity contribution is -0.117. The van der Waals surface area contributed by atoms with Crippen molar-refractivity contribution in [3.05, 3.63) is 77.6 Å². The van der Waals surface area contributed by atoms with Gasteiger partial charge in [0.2, 0.25) is 17.7 Å². The van der Waals surface area contributed by atoms with Crippen molar-refractivity contribution in [2.75, 3.05) is 4.72 Å². The number of aryl methyl sites for hydroxylation is 3. The zero-order chi connectivity index (χ0) is 25.2. The van der Waals surface area contributed by atoms with E-state index in [0.29, 0.717) is 11.4 Å². The highest BCUT2D eigenvalue weighted by molar-refractivity contribution is 7.92. The van der Waals surface area contributed by atoms with Gasteiger partial charge in [0.15, 0.2) is 0 Å². The summed E-state index contributed by atoms with van der Waals surface area (Å²) in [5.41, 5.74) is 9.26. The Morgan fingerprint density at radius 2 is 1.77 bits per heavy atom. The average Bonchev–Trinajstić information content (AvgIpc) is 3.22. The molecule has 4 rings (SSSR count). The Morgan fingerprint density at radius 3 is 2.37 bits per heavy atom. The molecule has 0 spiro atoms. The normalized spacial score (nSPS) is 11.3. The van der Waals surface area contributed by atoms with Crippen LogP contribution in [0.5, 0.6) is 11.6 Å². The molecule has 2 heterocycles. The zero-order valence-corrected chi connectivity index (χ0v) is 20.2. The molecule has 0 saturated heterocycles. The first kappa shape index (κ1) is 23.9. The molecule has 0 bridgehead atoms. The van der Waals surface area contributed by atoms with Crippen LogP contribution in [-0.2, 0) is 28.3 Å². The van der Waals surface area contributed by atoms with E-state index in [4.69, 9.17) is 10.5 Å². The fourth-order valence-electron chi connectivity index (χ4n) is 3.58. The zero-order valence-electron chi connectivity index (χ0n) is 19.4. The Balaban J connectivity index is 1.73. The number of nitrogens with two attached hydrogens (primary N) is 1. The van der Waals surface area contributed by atoms with E-state index in [1.165, 1.54) is 17.1 Å². The lowest BCUT2D eigenvalue weighted by Crippen LogP contribution is -2.15. The van der Waals surface area contributed by atoms with Crippen LogP contribution in [0.1, 0.15) is 16.7 Å². The number of carbonyl (C=O) groups is 1. The SMILES string of the molecule is Cc1cccc(C)c1-c1cc(Oc2ccc(CC(N)=O)cc2)nc(NS(=O)(=O)c2cnn(C)c2)n1. The van der Waals surface area contributed by atoms with Gasteiger partial charge in [0, 0.05) is 24.9 Å². The van der Waals surface area contributed by atoms with Crippen LogP contribution >= 0.6 is 0 Å². The fraction of sp³-hybridized carbons (Fsp3) is 0.167. The topological polar surface area (TPSA) is 142 Å². The molecule has 0 radical (unpaired) electrons. The van der Waals surface area contributed by atoms with Gasteiger partial charge in [-0.1, -0.05) is 30.3 Å². The summed E-state index contributed by atoms with van der Waals surface area (Å²) in [7, 11) is -2.35. The Kier molecular flexibility index (Phi) is 6.52. The van der Waals surface area contributed by atoms with Gasteiger partial charge in [-0.15, -0.1) is 0 Å². The minimum atomic E-state index is -3.98. The molecule has 10 nitrogen and oxygen atoms in total. The molecule has 1 amide bonds. The highest BCUT2D eigenvalue weighted by atomic mass is 32.2. The summed E-state index contributed by atoms with van der Waals surface area (Å²) in [4.78, 5) is 19.9. The number of hydrogen-bond donors (Lipinski definition) is 2. The van der Waals surface area contributed by atoms with Gasteiger partial charge < -0.3 is 10.5 Å². The number of benzene rings is 2. The molecule has 0 aliphatic rings. The predicted molar refractivity (Wildman–Crippen MR) is 130 cm³/mol. The standard InChI is InChI=1S/C24H24N6O4S/c1-15-5-4-6-16(2)23(15)20-12-22(34-18-9-7-17(8-10-18)11-21(25)31)28-24(27-20)29-35(32,33)19-13-26-30(3)14-19/h4-10,12-14H,11H2,1-3H3,(H2,25,31)(H,27,28,29). The summed E-state index contributed by atoms with van der Waals surface area (Å²) < 4.78 is 35.5. The van der Waals surface area contributed by atoms with E-state index in [2.05, 4.69) is 19.8 Å². The molecule has 0 aliphatic heterocycles. The second-order valence-electron chi connectivity index (χ2n) is 8.03. The third-order valence-corrected chi connectivity index (χ3v) is 6.46. The second kappa shape index (κ2) is 9.55. The van der Waals surface area contributed by atoms with E-state index in [0.717, 1.165) is 22.3 Å². The van der Waals surface area contributed by atoms with Gasteiger partial charge in [-0.2, -0.15) is 10.1 Å². The Bertz CT molecular complexity index is 1480. The van der Waals surface area contributed by atoms with Crippen molar-refractivity contribution in [1.29, 1.82) is 0 Å². The van der Waals surface area contributed by atoms with Crippen molar-refractivity contribution < 1.29 is 17.9 Å². The second-order valence-corrected chi connectivity index (χ2v) is 9.71. The van der Waals surface area contributed by atoms with Crippen molar-refractivity contribution in [3.63, 3.8) is 0 Å². The first-order chi connectivity index (χ1) is 16.6. The number of ether oxygens (including phenoxy) is 1. The number of sulfonamides is 1. The van der Waals surface area contributed by atoms with Crippen LogP contribution in [0.25, 0.3) is 11.3 Å². The van der Waals surface area contributed by atoms with Crippen LogP contribution in [0, 0.1) is 13.8 Å². The van der Waals surface area contributed by atoms with Crippen LogP contribution in [0.3, 0.4) is 0 Å². The van der Waals surface area contributed by atoms with Gasteiger partial charge in [0.25, 0.3) is 10.0 Å². The van der Waals surface area contributed by atoms with Gasteiger partial charge in [0.1, 0.15) is 10.6 Å². The number of hydrogen-bond acceptors (Lipinski definition) is 7. The number of rotatable bonds is 8. The molecule has 4 aromatic rings. The summed E-state index contributed by atoms with van der Waals surface area (Å²) >= 11 is 0. The predicted octanol–water partition coefficient (Wildman–Crippen LogP) is 3.11. The lowest BCUT2D eigenvalue weighted by Gasteiger charge is -2.13. The first-order valence-electron chi connectivity index (χ1n) is 10.6. The Labute approximate surface area is 202 Å². The summed E-state index contributed by atoms with van der Waals surface area (Å²) in [6.45, 7) is 3.89. The van der Waals surface area contributed by atoms with Crippen LogP contribution in [0.2, 0.25) is 0 Å². The average molecular weight is 493 g/mol. The minimum Gasteiger partial charge on any atom is -0.439 e. The third kappa shape index (κ3) is 5.64. The molecule has 0 atom stereocenters. The van der Waals surface area contributed by atoms with E-state index < -0.39 is 15.9 Å². The molecular weight excluding hydrogens is 468 g/mol. The van der Waals surface area contributed by atoms with E-state index in [1.54, 1.807) is 37.4 Å². The van der Waals surface area contributed by atoms with E-state index in [-0.39, 0.29) is 23.1 Å². The number of anilines is 1. The van der Waals surface area contributed by atoms with Gasteiger partial charge in [0.05, 0.1) is 18.3 Å². The maximum atomic E-state index is 12.9. The number of primary amides is 1. The fourth-order valence-corrected chi connectivity index (χ4v) is 4.51. The maximum absolute atomic E-state index is 12.9. The van der Waals surface area contributed by atoms with Crippen LogP contribution in [-0.4, -0.2) is 34.1 Å². The van der Waals surface area contributed by atoms with Crippen LogP contribution in [0.15, 0.2) is 65.8 Å². The molecular formula is C24H24N6O4S. The molecule has 11 heteroatoms.